The molecule has 0 saturated heterocycles. The average Bonchev–Trinajstić information content (AvgIpc) is 2.65. The number of carboxylic acids is 1. The Morgan fingerprint density at radius 3 is 2.60 bits per heavy atom. The van der Waals surface area contributed by atoms with Gasteiger partial charge < -0.3 is 24.2 Å². The minimum atomic E-state index is -1.14. The lowest BCUT2D eigenvalue weighted by atomic mass is 10.1. The van der Waals surface area contributed by atoms with Gasteiger partial charge in [0.25, 0.3) is 5.91 Å². The van der Waals surface area contributed by atoms with Gasteiger partial charge in [-0.25, -0.2) is 4.79 Å². The second-order valence-electron chi connectivity index (χ2n) is 5.39. The Labute approximate surface area is 144 Å². The number of carbonyl (C=O) groups is 2. The summed E-state index contributed by atoms with van der Waals surface area (Å²) in [4.78, 5) is 25.8. The highest BCUT2D eigenvalue weighted by atomic mass is 16.5. The molecule has 3 rings (SSSR count). The number of amides is 1. The Kier molecular flexibility index (Phi) is 4.47. The Bertz CT molecular complexity index is 819. The van der Waals surface area contributed by atoms with E-state index in [1.165, 1.54) is 19.1 Å². The monoisotopic (exact) mass is 343 g/mol. The molecule has 1 amide bonds. The molecule has 0 fully saturated rings. The molecule has 0 aliphatic carbocycles. The molecule has 1 heterocycles. The lowest BCUT2D eigenvalue weighted by Crippen LogP contribution is -2.47. The summed E-state index contributed by atoms with van der Waals surface area (Å²) >= 11 is 0. The Morgan fingerprint density at radius 2 is 1.92 bits per heavy atom. The minimum absolute atomic E-state index is 0.0969. The first kappa shape index (κ1) is 16.6. The Hall–Kier alpha value is -3.22. The SMILES string of the molecule is COc1ccc(C(=O)N2C[C@@H](C(=O)O)Oc3ccccc32)c(OC)c1. The fraction of sp³-hybridized carbons (Fsp3) is 0.222. The van der Waals surface area contributed by atoms with Crippen LogP contribution in [0.4, 0.5) is 5.69 Å². The van der Waals surface area contributed by atoms with Crippen LogP contribution in [0.15, 0.2) is 42.5 Å². The number of hydrogen-bond acceptors (Lipinski definition) is 5. The van der Waals surface area contributed by atoms with Crippen molar-refractivity contribution in [1.82, 2.24) is 0 Å². The number of hydrogen-bond donors (Lipinski definition) is 1. The number of carboxylic acid groups (broad SMARTS) is 1. The van der Waals surface area contributed by atoms with E-state index in [0.29, 0.717) is 28.5 Å². The van der Waals surface area contributed by atoms with E-state index in [1.807, 2.05) is 0 Å². The highest BCUT2D eigenvalue weighted by molar-refractivity contribution is 6.09. The number of fused-ring (bicyclic) bond motifs is 1. The van der Waals surface area contributed by atoms with Gasteiger partial charge in [-0.3, -0.25) is 4.79 Å². The highest BCUT2D eigenvalue weighted by Gasteiger charge is 2.34. The number of benzene rings is 2. The van der Waals surface area contributed by atoms with E-state index < -0.39 is 12.1 Å². The topological polar surface area (TPSA) is 85.3 Å². The summed E-state index contributed by atoms with van der Waals surface area (Å²) in [5.41, 5.74) is 0.826. The molecule has 2 aromatic carbocycles. The molecule has 0 radical (unpaired) electrons. The van der Waals surface area contributed by atoms with Gasteiger partial charge in [0, 0.05) is 6.07 Å². The fourth-order valence-corrected chi connectivity index (χ4v) is 2.68. The van der Waals surface area contributed by atoms with Crippen molar-refractivity contribution in [3.05, 3.63) is 48.0 Å². The van der Waals surface area contributed by atoms with Crippen LogP contribution < -0.4 is 19.1 Å². The number of anilines is 1. The van der Waals surface area contributed by atoms with E-state index in [2.05, 4.69) is 0 Å². The molecular formula is C18H17NO6. The predicted molar refractivity (Wildman–Crippen MR) is 89.7 cm³/mol. The molecule has 7 nitrogen and oxygen atoms in total. The van der Waals surface area contributed by atoms with Crippen molar-refractivity contribution >= 4 is 17.6 Å². The van der Waals surface area contributed by atoms with Gasteiger partial charge >= 0.3 is 5.97 Å². The summed E-state index contributed by atoms with van der Waals surface area (Å²) in [6, 6.07) is 11.7. The first-order chi connectivity index (χ1) is 12.0. The van der Waals surface area contributed by atoms with Gasteiger partial charge in [-0.1, -0.05) is 12.1 Å². The number of aliphatic carboxylic acids is 1. The summed E-state index contributed by atoms with van der Waals surface area (Å²) in [6.45, 7) is -0.0969. The Balaban J connectivity index is 2.03. The maximum absolute atomic E-state index is 13.1. The van der Waals surface area contributed by atoms with E-state index in [4.69, 9.17) is 14.2 Å². The predicted octanol–water partition coefficient (Wildman–Crippen LogP) is 2.20. The third-order valence-corrected chi connectivity index (χ3v) is 3.93. The molecule has 0 saturated carbocycles. The summed E-state index contributed by atoms with van der Waals surface area (Å²) in [7, 11) is 2.98. The Morgan fingerprint density at radius 1 is 1.16 bits per heavy atom. The molecule has 2 aromatic rings. The maximum Gasteiger partial charge on any atom is 0.346 e. The maximum atomic E-state index is 13.1. The van der Waals surface area contributed by atoms with Crippen molar-refractivity contribution in [3.63, 3.8) is 0 Å². The number of methoxy groups -OCH3 is 2. The standard InChI is InChI=1S/C18H17NO6/c1-23-11-7-8-12(15(9-11)24-2)17(20)19-10-16(18(21)22)25-14-6-4-3-5-13(14)19/h3-9,16H,10H2,1-2H3,(H,21,22)/t16-/m0/s1. The molecular weight excluding hydrogens is 326 g/mol. The third-order valence-electron chi connectivity index (χ3n) is 3.93. The van der Waals surface area contributed by atoms with Crippen LogP contribution in [-0.4, -0.2) is 43.9 Å². The van der Waals surface area contributed by atoms with Gasteiger partial charge in [-0.05, 0) is 24.3 Å². The molecule has 1 aliphatic heterocycles. The zero-order valence-corrected chi connectivity index (χ0v) is 13.8. The van der Waals surface area contributed by atoms with Gasteiger partial charge in [0.1, 0.15) is 17.2 Å². The summed E-state index contributed by atoms with van der Waals surface area (Å²) < 4.78 is 15.9. The van der Waals surface area contributed by atoms with Crippen molar-refractivity contribution in [2.24, 2.45) is 0 Å². The molecule has 130 valence electrons. The second-order valence-corrected chi connectivity index (χ2v) is 5.39. The molecule has 1 N–H and O–H groups in total. The van der Waals surface area contributed by atoms with E-state index in [9.17, 15) is 14.7 Å². The lowest BCUT2D eigenvalue weighted by Gasteiger charge is -2.33. The molecule has 1 atom stereocenters. The molecule has 0 bridgehead atoms. The highest BCUT2D eigenvalue weighted by Crippen LogP contribution is 2.35. The first-order valence-electron chi connectivity index (χ1n) is 7.57. The van der Waals surface area contributed by atoms with Crippen LogP contribution in [0.5, 0.6) is 17.2 Å². The van der Waals surface area contributed by atoms with Crippen LogP contribution in [0.2, 0.25) is 0 Å². The minimum Gasteiger partial charge on any atom is -0.497 e. The van der Waals surface area contributed by atoms with E-state index in [-0.39, 0.29) is 12.5 Å². The number of carbonyl (C=O) groups excluding carboxylic acids is 1. The van der Waals surface area contributed by atoms with Crippen molar-refractivity contribution in [3.8, 4) is 17.2 Å². The molecule has 0 unspecified atom stereocenters. The second kappa shape index (κ2) is 6.72. The zero-order valence-electron chi connectivity index (χ0n) is 13.8. The molecule has 0 aromatic heterocycles. The van der Waals surface area contributed by atoms with Crippen LogP contribution in [-0.2, 0) is 4.79 Å². The van der Waals surface area contributed by atoms with Crippen molar-refractivity contribution in [2.45, 2.75) is 6.10 Å². The number of nitrogens with zero attached hydrogens (tertiary/aromatic N) is 1. The number of ether oxygens (including phenoxy) is 3. The van der Waals surface area contributed by atoms with Crippen LogP contribution in [0.25, 0.3) is 0 Å². The van der Waals surface area contributed by atoms with Gasteiger partial charge in [0.2, 0.25) is 6.10 Å². The van der Waals surface area contributed by atoms with Crippen LogP contribution in [0.3, 0.4) is 0 Å². The number of rotatable bonds is 4. The van der Waals surface area contributed by atoms with Crippen LogP contribution in [0.1, 0.15) is 10.4 Å². The summed E-state index contributed by atoms with van der Waals surface area (Å²) in [5, 5.41) is 9.30. The first-order valence-corrected chi connectivity index (χ1v) is 7.57. The van der Waals surface area contributed by atoms with Gasteiger partial charge in [-0.15, -0.1) is 0 Å². The van der Waals surface area contributed by atoms with E-state index in [0.717, 1.165) is 0 Å². The van der Waals surface area contributed by atoms with Gasteiger partial charge in [-0.2, -0.15) is 0 Å². The van der Waals surface area contributed by atoms with Crippen molar-refractivity contribution < 1.29 is 28.9 Å². The third kappa shape index (κ3) is 3.08. The van der Waals surface area contributed by atoms with Crippen molar-refractivity contribution in [1.29, 1.82) is 0 Å². The molecule has 0 spiro atoms. The van der Waals surface area contributed by atoms with E-state index in [1.54, 1.807) is 42.5 Å². The van der Waals surface area contributed by atoms with Crippen molar-refractivity contribution in [2.75, 3.05) is 25.7 Å². The quantitative estimate of drug-likeness (QED) is 0.916. The fourth-order valence-electron chi connectivity index (χ4n) is 2.68. The van der Waals surface area contributed by atoms with Gasteiger partial charge in [0.05, 0.1) is 32.0 Å². The average molecular weight is 343 g/mol. The summed E-state index contributed by atoms with van der Waals surface area (Å²) in [5.74, 6) is -0.253. The zero-order chi connectivity index (χ0) is 18.0. The van der Waals surface area contributed by atoms with E-state index >= 15 is 0 Å². The molecule has 1 aliphatic rings. The molecule has 7 heteroatoms. The van der Waals surface area contributed by atoms with Crippen LogP contribution in [0, 0.1) is 0 Å². The lowest BCUT2D eigenvalue weighted by molar-refractivity contribution is -0.144. The number of para-hydroxylation sites is 2. The van der Waals surface area contributed by atoms with Crippen LogP contribution >= 0.6 is 0 Å². The largest absolute Gasteiger partial charge is 0.497 e. The molecule has 25 heavy (non-hydrogen) atoms. The summed E-state index contributed by atoms with van der Waals surface area (Å²) in [6.07, 6.45) is -1.14. The smallest absolute Gasteiger partial charge is 0.346 e. The van der Waals surface area contributed by atoms with Gasteiger partial charge in [0.15, 0.2) is 0 Å². The normalized spacial score (nSPS) is 15.8.